The summed E-state index contributed by atoms with van der Waals surface area (Å²) in [7, 11) is 0.398. The van der Waals surface area contributed by atoms with E-state index < -0.39 is 7.60 Å². The molecule has 1 aromatic carbocycles. The third-order valence-electron chi connectivity index (χ3n) is 2.18. The molecule has 0 radical (unpaired) electrons. The van der Waals surface area contributed by atoms with Crippen LogP contribution in [0.15, 0.2) is 24.3 Å². The Hall–Kier alpha value is -1.45. The van der Waals surface area contributed by atoms with Crippen molar-refractivity contribution in [3.05, 3.63) is 35.4 Å². The van der Waals surface area contributed by atoms with Gasteiger partial charge in [0.05, 0.1) is 12.7 Å². The molecule has 0 unspecified atom stereocenters. The van der Waals surface area contributed by atoms with Crippen LogP contribution in [-0.4, -0.2) is 31.6 Å². The molecule has 0 aliphatic rings. The summed E-state index contributed by atoms with van der Waals surface area (Å²) in [4.78, 5) is 2.99. The largest absolute Gasteiger partial charge is 0.497 e. The smallest absolute Gasteiger partial charge is 0.442 e. The molecule has 6 nitrogen and oxygen atoms in total. The molecule has 0 fully saturated rings. The minimum absolute atomic E-state index is 0.148. The fourth-order valence-corrected chi connectivity index (χ4v) is 2.33. The fraction of sp³-hybridized carbons (Fsp3) is 0.300. The molecule has 0 atom stereocenters. The van der Waals surface area contributed by atoms with Gasteiger partial charge in [-0.25, -0.2) is 4.57 Å². The lowest BCUT2D eigenvalue weighted by Crippen LogP contribution is -2.07. The van der Waals surface area contributed by atoms with Crippen LogP contribution in [0.1, 0.15) is 5.56 Å². The maximum atomic E-state index is 12.1. The highest BCUT2D eigenvalue weighted by atomic mass is 31.2. The number of benzene rings is 1. The SMILES string of the molecule is COc1ccc(C(=[N+]=[N-])P(=O)(OC)OC)cc1. The van der Waals surface area contributed by atoms with Gasteiger partial charge in [-0.05, 0) is 24.3 Å². The number of rotatable bonds is 5. The van der Waals surface area contributed by atoms with Gasteiger partial charge in [-0.2, -0.15) is 4.79 Å². The van der Waals surface area contributed by atoms with Gasteiger partial charge in [0.2, 0.25) is 0 Å². The first-order valence-electron chi connectivity index (χ1n) is 4.70. The highest BCUT2D eigenvalue weighted by Gasteiger charge is 2.39. The molecule has 0 amide bonds. The summed E-state index contributed by atoms with van der Waals surface area (Å²) in [5, 5.41) is 0. The zero-order valence-electron chi connectivity index (χ0n) is 9.78. The number of nitrogens with zero attached hydrogens (tertiary/aromatic N) is 2. The third-order valence-corrected chi connectivity index (χ3v) is 4.01. The lowest BCUT2D eigenvalue weighted by molar-refractivity contribution is -0.00212. The Bertz CT molecular complexity index is 472. The summed E-state index contributed by atoms with van der Waals surface area (Å²) in [6, 6.07) is 6.49. The molecule has 92 valence electrons. The first-order valence-corrected chi connectivity index (χ1v) is 6.24. The number of hydrogen-bond donors (Lipinski definition) is 0. The lowest BCUT2D eigenvalue weighted by atomic mass is 10.2. The molecule has 0 bridgehead atoms. The summed E-state index contributed by atoms with van der Waals surface area (Å²) in [6.45, 7) is 0. The maximum Gasteiger partial charge on any atom is 0.442 e. The summed E-state index contributed by atoms with van der Waals surface area (Å²) in [6.07, 6.45) is 0. The molecular weight excluding hydrogens is 243 g/mol. The van der Waals surface area contributed by atoms with Crippen LogP contribution in [0.4, 0.5) is 0 Å². The van der Waals surface area contributed by atoms with Crippen LogP contribution in [0.5, 0.6) is 5.75 Å². The van der Waals surface area contributed by atoms with Gasteiger partial charge in [-0.15, -0.1) is 0 Å². The Kier molecular flexibility index (Phi) is 4.61. The van der Waals surface area contributed by atoms with Gasteiger partial charge in [0.1, 0.15) is 5.75 Å². The van der Waals surface area contributed by atoms with Crippen LogP contribution in [0.2, 0.25) is 0 Å². The summed E-state index contributed by atoms with van der Waals surface area (Å²) in [5.74, 6) is 0.635. The monoisotopic (exact) mass is 256 g/mol. The molecule has 7 heteroatoms. The average molecular weight is 256 g/mol. The van der Waals surface area contributed by atoms with Gasteiger partial charge in [-0.3, -0.25) is 0 Å². The van der Waals surface area contributed by atoms with Gasteiger partial charge in [0.15, 0.2) is 0 Å². The number of ether oxygens (including phenoxy) is 1. The molecule has 0 heterocycles. The average Bonchev–Trinajstić information content (AvgIpc) is 2.40. The third kappa shape index (κ3) is 2.81. The van der Waals surface area contributed by atoms with E-state index in [0.29, 0.717) is 11.3 Å². The van der Waals surface area contributed by atoms with Crippen LogP contribution in [0.25, 0.3) is 5.53 Å². The zero-order valence-corrected chi connectivity index (χ0v) is 10.7. The van der Waals surface area contributed by atoms with Gasteiger partial charge < -0.3 is 19.3 Å². The van der Waals surface area contributed by atoms with Crippen molar-refractivity contribution in [2.45, 2.75) is 0 Å². The van der Waals surface area contributed by atoms with Crippen molar-refractivity contribution in [2.75, 3.05) is 21.3 Å². The Labute approximate surface area is 99.3 Å². The second kappa shape index (κ2) is 5.75. The molecule has 0 aromatic heterocycles. The van der Waals surface area contributed by atoms with Crippen molar-refractivity contribution >= 4 is 13.0 Å². The van der Waals surface area contributed by atoms with Crippen molar-refractivity contribution in [1.82, 2.24) is 0 Å². The van der Waals surface area contributed by atoms with Crippen LogP contribution in [0.3, 0.4) is 0 Å². The fourth-order valence-electron chi connectivity index (χ4n) is 1.26. The predicted octanol–water partition coefficient (Wildman–Crippen LogP) is 2.16. The molecule has 0 aliphatic carbocycles. The van der Waals surface area contributed by atoms with E-state index in [9.17, 15) is 4.57 Å². The highest BCUT2D eigenvalue weighted by molar-refractivity contribution is 7.72. The normalized spacial score (nSPS) is 10.8. The van der Waals surface area contributed by atoms with Crippen molar-refractivity contribution < 1.29 is 23.1 Å². The lowest BCUT2D eigenvalue weighted by Gasteiger charge is -2.08. The summed E-state index contributed by atoms with van der Waals surface area (Å²) < 4.78 is 26.6. The Morgan fingerprint density at radius 2 is 1.71 bits per heavy atom. The molecule has 0 N–H and O–H groups in total. The van der Waals surface area contributed by atoms with Crippen LogP contribution < -0.4 is 4.74 Å². The maximum absolute atomic E-state index is 12.1. The van der Waals surface area contributed by atoms with Crippen LogP contribution in [0, 0.1) is 0 Å². The van der Waals surface area contributed by atoms with E-state index in [2.05, 4.69) is 4.79 Å². The molecule has 0 spiro atoms. The van der Waals surface area contributed by atoms with Crippen molar-refractivity contribution in [3.63, 3.8) is 0 Å². The molecule has 0 saturated heterocycles. The summed E-state index contributed by atoms with van der Waals surface area (Å²) in [5.41, 5.74) is 9.21. The van der Waals surface area contributed by atoms with Crippen LogP contribution >= 0.6 is 7.60 Å². The van der Waals surface area contributed by atoms with Crippen molar-refractivity contribution in [2.24, 2.45) is 0 Å². The first kappa shape index (κ1) is 13.6. The van der Waals surface area contributed by atoms with Crippen molar-refractivity contribution in [3.8, 4) is 5.75 Å². The minimum atomic E-state index is -3.58. The molecule has 0 aliphatic heterocycles. The van der Waals surface area contributed by atoms with Crippen molar-refractivity contribution in [1.29, 1.82) is 0 Å². The standard InChI is InChI=1S/C10H13N2O4P/c1-14-9-6-4-8(5-7-9)10(12-11)17(13,15-2)16-3/h4-7H,1-3H3. The summed E-state index contributed by atoms with van der Waals surface area (Å²) >= 11 is 0. The molecule has 1 rings (SSSR count). The van der Waals surface area contributed by atoms with Gasteiger partial charge >= 0.3 is 13.0 Å². The van der Waals surface area contributed by atoms with Crippen LogP contribution in [-0.2, 0) is 13.6 Å². The van der Waals surface area contributed by atoms with E-state index in [1.165, 1.54) is 21.3 Å². The second-order valence-electron chi connectivity index (χ2n) is 3.01. The Balaban J connectivity index is 3.20. The quantitative estimate of drug-likeness (QED) is 0.350. The van der Waals surface area contributed by atoms with Gasteiger partial charge in [-0.1, -0.05) is 0 Å². The second-order valence-corrected chi connectivity index (χ2v) is 5.16. The first-order chi connectivity index (χ1) is 8.11. The van der Waals surface area contributed by atoms with E-state index in [0.717, 1.165) is 0 Å². The van der Waals surface area contributed by atoms with E-state index in [1.807, 2.05) is 0 Å². The molecule has 1 aromatic rings. The molecular formula is C10H13N2O4P. The van der Waals surface area contributed by atoms with E-state index in [1.54, 1.807) is 24.3 Å². The Morgan fingerprint density at radius 1 is 1.18 bits per heavy atom. The van der Waals surface area contributed by atoms with E-state index in [4.69, 9.17) is 19.3 Å². The molecule has 17 heavy (non-hydrogen) atoms. The van der Waals surface area contributed by atoms with Gasteiger partial charge in [0.25, 0.3) is 0 Å². The zero-order chi connectivity index (χ0) is 12.9. The van der Waals surface area contributed by atoms with Gasteiger partial charge in [0, 0.05) is 14.2 Å². The number of hydrogen-bond acceptors (Lipinski definition) is 4. The predicted molar refractivity (Wildman–Crippen MR) is 62.3 cm³/mol. The highest BCUT2D eigenvalue weighted by Crippen LogP contribution is 2.49. The van der Waals surface area contributed by atoms with E-state index >= 15 is 0 Å². The number of methoxy groups -OCH3 is 1. The topological polar surface area (TPSA) is 81.2 Å². The van der Waals surface area contributed by atoms with E-state index in [-0.39, 0.29) is 5.45 Å². The Morgan fingerprint density at radius 3 is 2.06 bits per heavy atom. The molecule has 0 saturated carbocycles. The minimum Gasteiger partial charge on any atom is -0.497 e.